The summed E-state index contributed by atoms with van der Waals surface area (Å²) in [6, 6.07) is 0.517. The number of hydrogen-bond acceptors (Lipinski definition) is 5. The van der Waals surface area contributed by atoms with Gasteiger partial charge in [0.1, 0.15) is 0 Å². The van der Waals surface area contributed by atoms with E-state index in [-0.39, 0.29) is 24.0 Å². The summed E-state index contributed by atoms with van der Waals surface area (Å²) >= 11 is 1.66. The molecule has 1 aromatic rings. The molecule has 0 amide bonds. The van der Waals surface area contributed by atoms with Crippen molar-refractivity contribution < 1.29 is 0 Å². The van der Waals surface area contributed by atoms with Gasteiger partial charge in [0.15, 0.2) is 11.1 Å². The van der Waals surface area contributed by atoms with E-state index in [4.69, 9.17) is 4.99 Å². The van der Waals surface area contributed by atoms with E-state index in [2.05, 4.69) is 39.7 Å². The van der Waals surface area contributed by atoms with Gasteiger partial charge in [0, 0.05) is 45.2 Å². The van der Waals surface area contributed by atoms with Gasteiger partial charge in [-0.25, -0.2) is 9.98 Å². The van der Waals surface area contributed by atoms with E-state index >= 15 is 0 Å². The van der Waals surface area contributed by atoms with Gasteiger partial charge in [-0.05, 0) is 32.7 Å². The maximum atomic E-state index is 4.73. The Bertz CT molecular complexity index is 526. The standard InChI is InChI=1S/C18H34N6S.HI/c1-5-7-10-24-11-8-15(9-12-24)21-17(19-6-2)20-13-16-14-25-18(22-16)23(3)4;/h14-15H,5-13H2,1-4H3,(H2,19,20,21);1H. The summed E-state index contributed by atoms with van der Waals surface area (Å²) in [7, 11) is 4.04. The van der Waals surface area contributed by atoms with Crippen LogP contribution in [-0.4, -0.2) is 62.2 Å². The summed E-state index contributed by atoms with van der Waals surface area (Å²) in [6.07, 6.45) is 4.97. The third-order valence-electron chi connectivity index (χ3n) is 4.42. The maximum Gasteiger partial charge on any atom is 0.191 e. The predicted molar refractivity (Wildman–Crippen MR) is 124 cm³/mol. The van der Waals surface area contributed by atoms with Crippen LogP contribution in [0.5, 0.6) is 0 Å². The molecule has 1 saturated heterocycles. The molecule has 0 aromatic carbocycles. The van der Waals surface area contributed by atoms with Gasteiger partial charge in [-0.2, -0.15) is 0 Å². The topological polar surface area (TPSA) is 55.8 Å². The Balaban J connectivity index is 0.00000338. The van der Waals surface area contributed by atoms with Crippen LogP contribution in [-0.2, 0) is 6.54 Å². The first kappa shape index (κ1) is 23.4. The van der Waals surface area contributed by atoms with E-state index < -0.39 is 0 Å². The molecule has 0 spiro atoms. The number of anilines is 1. The third-order valence-corrected chi connectivity index (χ3v) is 5.48. The maximum absolute atomic E-state index is 4.73. The van der Waals surface area contributed by atoms with E-state index in [9.17, 15) is 0 Å². The smallest absolute Gasteiger partial charge is 0.191 e. The minimum atomic E-state index is 0. The van der Waals surface area contributed by atoms with Crippen molar-refractivity contribution in [1.29, 1.82) is 0 Å². The minimum Gasteiger partial charge on any atom is -0.357 e. The lowest BCUT2D eigenvalue weighted by Crippen LogP contribution is -2.48. The molecule has 1 fully saturated rings. The fraction of sp³-hybridized carbons (Fsp3) is 0.778. The lowest BCUT2D eigenvalue weighted by molar-refractivity contribution is 0.203. The molecule has 0 saturated carbocycles. The second kappa shape index (κ2) is 12.7. The number of rotatable bonds is 8. The third kappa shape index (κ3) is 7.96. The molecule has 2 heterocycles. The monoisotopic (exact) mass is 494 g/mol. The van der Waals surface area contributed by atoms with E-state index in [1.165, 1.54) is 45.3 Å². The van der Waals surface area contributed by atoms with Gasteiger partial charge in [0.25, 0.3) is 0 Å². The number of guanidine groups is 1. The molecule has 150 valence electrons. The predicted octanol–water partition coefficient (Wildman–Crippen LogP) is 3.15. The molecule has 0 bridgehead atoms. The molecule has 2 rings (SSSR count). The Morgan fingerprint density at radius 3 is 2.65 bits per heavy atom. The van der Waals surface area contributed by atoms with Crippen LogP contribution in [0.3, 0.4) is 0 Å². The Labute approximate surface area is 179 Å². The van der Waals surface area contributed by atoms with Crippen LogP contribution in [0.4, 0.5) is 5.13 Å². The Morgan fingerprint density at radius 1 is 1.35 bits per heavy atom. The van der Waals surface area contributed by atoms with E-state index in [1.807, 2.05) is 19.0 Å². The molecule has 1 aliphatic rings. The Morgan fingerprint density at radius 2 is 2.08 bits per heavy atom. The molecule has 0 atom stereocenters. The van der Waals surface area contributed by atoms with Gasteiger partial charge in [0.05, 0.1) is 12.2 Å². The number of unbranched alkanes of at least 4 members (excludes halogenated alkanes) is 1. The lowest BCUT2D eigenvalue weighted by atomic mass is 10.0. The summed E-state index contributed by atoms with van der Waals surface area (Å²) in [5.74, 6) is 0.911. The summed E-state index contributed by atoms with van der Waals surface area (Å²) in [4.78, 5) is 14.0. The van der Waals surface area contributed by atoms with Gasteiger partial charge in [-0.15, -0.1) is 35.3 Å². The van der Waals surface area contributed by atoms with Crippen molar-refractivity contribution in [2.45, 2.75) is 52.1 Å². The molecule has 1 aliphatic heterocycles. The first-order valence-corrected chi connectivity index (χ1v) is 10.4. The van der Waals surface area contributed by atoms with Crippen molar-refractivity contribution >= 4 is 46.4 Å². The van der Waals surface area contributed by atoms with Crippen LogP contribution in [0.2, 0.25) is 0 Å². The quantitative estimate of drug-likeness (QED) is 0.331. The molecule has 0 unspecified atom stereocenters. The summed E-state index contributed by atoms with van der Waals surface area (Å²) < 4.78 is 0. The Hall–Kier alpha value is -0.610. The molecule has 26 heavy (non-hydrogen) atoms. The normalized spacial score (nSPS) is 16.2. The number of aromatic nitrogens is 1. The average Bonchev–Trinajstić information content (AvgIpc) is 3.08. The number of halogens is 1. The van der Waals surface area contributed by atoms with Crippen LogP contribution in [0.15, 0.2) is 10.4 Å². The average molecular weight is 494 g/mol. The highest BCUT2D eigenvalue weighted by Crippen LogP contribution is 2.18. The van der Waals surface area contributed by atoms with Crippen molar-refractivity contribution in [3.63, 3.8) is 0 Å². The number of likely N-dealkylation sites (tertiary alicyclic amines) is 1. The molecule has 0 radical (unpaired) electrons. The number of thiazole rings is 1. The van der Waals surface area contributed by atoms with Crippen molar-refractivity contribution in [3.05, 3.63) is 11.1 Å². The Kier molecular flexibility index (Phi) is 11.5. The fourth-order valence-electron chi connectivity index (χ4n) is 2.93. The summed E-state index contributed by atoms with van der Waals surface area (Å²) in [6.45, 7) is 9.49. The van der Waals surface area contributed by atoms with Gasteiger partial charge < -0.3 is 20.4 Å². The molecular formula is C18H35IN6S. The first-order chi connectivity index (χ1) is 12.1. The summed E-state index contributed by atoms with van der Waals surface area (Å²) in [5.41, 5.74) is 1.03. The van der Waals surface area contributed by atoms with E-state index in [1.54, 1.807) is 11.3 Å². The van der Waals surface area contributed by atoms with Crippen molar-refractivity contribution in [3.8, 4) is 0 Å². The van der Waals surface area contributed by atoms with Gasteiger partial charge in [-0.1, -0.05) is 13.3 Å². The second-order valence-electron chi connectivity index (χ2n) is 6.82. The molecule has 8 heteroatoms. The zero-order valence-corrected chi connectivity index (χ0v) is 19.8. The molecule has 1 aromatic heterocycles. The van der Waals surface area contributed by atoms with Crippen molar-refractivity contribution in [2.75, 3.05) is 45.2 Å². The molecule has 2 N–H and O–H groups in total. The van der Waals surface area contributed by atoms with Crippen LogP contribution in [0.1, 0.15) is 45.2 Å². The highest BCUT2D eigenvalue weighted by Gasteiger charge is 2.19. The number of nitrogens with zero attached hydrogens (tertiary/aromatic N) is 4. The van der Waals surface area contributed by atoms with Gasteiger partial charge in [0.2, 0.25) is 0 Å². The first-order valence-electron chi connectivity index (χ1n) is 9.51. The highest BCUT2D eigenvalue weighted by molar-refractivity contribution is 14.0. The van der Waals surface area contributed by atoms with Crippen molar-refractivity contribution in [1.82, 2.24) is 20.5 Å². The number of nitrogens with one attached hydrogen (secondary N) is 2. The lowest BCUT2D eigenvalue weighted by Gasteiger charge is -2.33. The van der Waals surface area contributed by atoms with E-state index in [0.717, 1.165) is 23.3 Å². The largest absolute Gasteiger partial charge is 0.357 e. The number of aliphatic imine (C=N–C) groups is 1. The van der Waals surface area contributed by atoms with Crippen LogP contribution < -0.4 is 15.5 Å². The van der Waals surface area contributed by atoms with Gasteiger partial charge >= 0.3 is 0 Å². The zero-order valence-electron chi connectivity index (χ0n) is 16.6. The SMILES string of the molecule is CCCCN1CCC(NC(=NCc2csc(N(C)C)n2)NCC)CC1.I. The number of piperidine rings is 1. The molecule has 0 aliphatic carbocycles. The zero-order chi connectivity index (χ0) is 18.1. The number of hydrogen-bond donors (Lipinski definition) is 2. The van der Waals surface area contributed by atoms with Crippen molar-refractivity contribution in [2.24, 2.45) is 4.99 Å². The molecule has 6 nitrogen and oxygen atoms in total. The molecular weight excluding hydrogens is 459 g/mol. The van der Waals surface area contributed by atoms with Crippen LogP contribution in [0, 0.1) is 0 Å². The van der Waals surface area contributed by atoms with E-state index in [0.29, 0.717) is 12.6 Å². The second-order valence-corrected chi connectivity index (χ2v) is 7.66. The minimum absolute atomic E-state index is 0. The van der Waals surface area contributed by atoms with Gasteiger partial charge in [-0.3, -0.25) is 0 Å². The van der Waals surface area contributed by atoms with Crippen LogP contribution >= 0.6 is 35.3 Å². The summed E-state index contributed by atoms with van der Waals surface area (Å²) in [5, 5.41) is 10.1. The van der Waals surface area contributed by atoms with Crippen LogP contribution in [0.25, 0.3) is 0 Å². The highest BCUT2D eigenvalue weighted by atomic mass is 127. The fourth-order valence-corrected chi connectivity index (χ4v) is 3.68.